The Kier molecular flexibility index (Phi) is 4.56. The number of pyridine rings is 1. The molecule has 0 aliphatic carbocycles. The first-order valence-electron chi connectivity index (χ1n) is 9.29. The second kappa shape index (κ2) is 6.99. The lowest BCUT2D eigenvalue weighted by molar-refractivity contribution is 0.107. The van der Waals surface area contributed by atoms with Crippen molar-refractivity contribution in [2.45, 2.75) is 19.4 Å². The number of rotatable bonds is 3. The summed E-state index contributed by atoms with van der Waals surface area (Å²) in [4.78, 5) is 12.1. The highest BCUT2D eigenvalue weighted by atomic mass is 15.3. The van der Waals surface area contributed by atoms with Crippen LogP contribution in [0, 0.1) is 11.3 Å². The topological polar surface area (TPSA) is 46.4 Å². The fourth-order valence-corrected chi connectivity index (χ4v) is 4.18. The second-order valence-electron chi connectivity index (χ2n) is 7.01. The van der Waals surface area contributed by atoms with Crippen LogP contribution in [-0.4, -0.2) is 66.6 Å². The van der Waals surface area contributed by atoms with Crippen molar-refractivity contribution >= 4 is 16.6 Å². The summed E-state index contributed by atoms with van der Waals surface area (Å²) in [6.07, 6.45) is 1.20. The Morgan fingerprint density at radius 2 is 1.96 bits per heavy atom. The van der Waals surface area contributed by atoms with E-state index in [1.54, 1.807) is 0 Å². The number of fused-ring (bicyclic) bond motifs is 1. The zero-order chi connectivity index (χ0) is 17.2. The molecule has 0 N–H and O–H groups in total. The Labute approximate surface area is 149 Å². The van der Waals surface area contributed by atoms with Crippen molar-refractivity contribution < 1.29 is 0 Å². The largest absolute Gasteiger partial charge is 0.369 e. The van der Waals surface area contributed by atoms with Crippen molar-refractivity contribution in [3.8, 4) is 6.07 Å². The van der Waals surface area contributed by atoms with Crippen LogP contribution in [0.15, 0.2) is 30.3 Å². The Balaban J connectivity index is 1.54. The second-order valence-corrected chi connectivity index (χ2v) is 7.01. The highest BCUT2D eigenvalue weighted by Gasteiger charge is 2.30. The molecular formula is C20H25N5. The molecule has 2 saturated heterocycles. The quantitative estimate of drug-likeness (QED) is 0.861. The van der Waals surface area contributed by atoms with Crippen molar-refractivity contribution in [2.24, 2.45) is 0 Å². The molecule has 130 valence electrons. The third-order valence-corrected chi connectivity index (χ3v) is 5.68. The van der Waals surface area contributed by atoms with Gasteiger partial charge in [-0.3, -0.25) is 4.90 Å². The molecule has 5 nitrogen and oxygen atoms in total. The molecule has 3 heterocycles. The van der Waals surface area contributed by atoms with E-state index in [2.05, 4.69) is 44.8 Å². The van der Waals surface area contributed by atoms with Gasteiger partial charge in [0.2, 0.25) is 0 Å². The summed E-state index contributed by atoms with van der Waals surface area (Å²) in [6.45, 7) is 10.2. The van der Waals surface area contributed by atoms with Crippen LogP contribution in [0.2, 0.25) is 0 Å². The molecule has 1 atom stereocenters. The molecular weight excluding hydrogens is 310 g/mol. The van der Waals surface area contributed by atoms with Gasteiger partial charge in [0.1, 0.15) is 11.8 Å². The number of anilines is 1. The van der Waals surface area contributed by atoms with Crippen molar-refractivity contribution in [1.82, 2.24) is 14.8 Å². The van der Waals surface area contributed by atoms with Gasteiger partial charge in [-0.15, -0.1) is 0 Å². The zero-order valence-electron chi connectivity index (χ0n) is 14.9. The summed E-state index contributed by atoms with van der Waals surface area (Å²) in [5.41, 5.74) is 2.59. The normalized spacial score (nSPS) is 22.4. The Hall–Kier alpha value is -2.16. The van der Waals surface area contributed by atoms with Crippen LogP contribution in [0.25, 0.3) is 10.9 Å². The first kappa shape index (κ1) is 16.3. The first-order chi connectivity index (χ1) is 12.3. The van der Waals surface area contributed by atoms with E-state index < -0.39 is 0 Å². The van der Waals surface area contributed by atoms with Gasteiger partial charge in [0, 0.05) is 56.4 Å². The fourth-order valence-electron chi connectivity index (χ4n) is 4.18. The average molecular weight is 335 g/mol. The molecule has 0 spiro atoms. The fraction of sp³-hybridized carbons (Fsp3) is 0.500. The summed E-state index contributed by atoms with van der Waals surface area (Å²) in [5.74, 6) is 0. The van der Waals surface area contributed by atoms with Crippen LogP contribution >= 0.6 is 0 Å². The van der Waals surface area contributed by atoms with E-state index >= 15 is 0 Å². The minimum Gasteiger partial charge on any atom is -0.369 e. The van der Waals surface area contributed by atoms with Crippen molar-refractivity contribution in [1.29, 1.82) is 5.26 Å². The van der Waals surface area contributed by atoms with Crippen LogP contribution in [0.3, 0.4) is 0 Å². The van der Waals surface area contributed by atoms with Gasteiger partial charge in [-0.1, -0.05) is 25.1 Å². The number of aromatic nitrogens is 1. The maximum Gasteiger partial charge on any atom is 0.143 e. The van der Waals surface area contributed by atoms with Gasteiger partial charge < -0.3 is 9.80 Å². The van der Waals surface area contributed by atoms with E-state index in [-0.39, 0.29) is 0 Å². The predicted molar refractivity (Wildman–Crippen MR) is 101 cm³/mol. The maximum atomic E-state index is 9.32. The van der Waals surface area contributed by atoms with E-state index in [0.29, 0.717) is 11.7 Å². The lowest BCUT2D eigenvalue weighted by Crippen LogP contribution is -2.50. The third-order valence-electron chi connectivity index (χ3n) is 5.68. The smallest absolute Gasteiger partial charge is 0.143 e. The van der Waals surface area contributed by atoms with E-state index in [0.717, 1.165) is 36.2 Å². The minimum absolute atomic E-state index is 0.508. The number of benzene rings is 1. The van der Waals surface area contributed by atoms with Gasteiger partial charge in [0.25, 0.3) is 0 Å². The van der Waals surface area contributed by atoms with E-state index in [4.69, 9.17) is 0 Å². The number of hydrogen-bond donors (Lipinski definition) is 0. The SMILES string of the molecule is CCN1CCN(C2CCN(c3cc(C#N)nc4ccccc34)C2)CC1. The molecule has 2 fully saturated rings. The van der Waals surface area contributed by atoms with Gasteiger partial charge in [-0.25, -0.2) is 4.98 Å². The van der Waals surface area contributed by atoms with Crippen molar-refractivity contribution in [3.63, 3.8) is 0 Å². The number of para-hydroxylation sites is 1. The molecule has 4 rings (SSSR count). The van der Waals surface area contributed by atoms with Gasteiger partial charge in [0.15, 0.2) is 0 Å². The van der Waals surface area contributed by atoms with Crippen LogP contribution in [-0.2, 0) is 0 Å². The Morgan fingerprint density at radius 3 is 2.72 bits per heavy atom. The summed E-state index contributed by atoms with van der Waals surface area (Å²) in [7, 11) is 0. The summed E-state index contributed by atoms with van der Waals surface area (Å²) in [6, 6.07) is 12.9. The molecule has 1 aromatic carbocycles. The molecule has 0 bridgehead atoms. The zero-order valence-corrected chi connectivity index (χ0v) is 14.9. The van der Waals surface area contributed by atoms with Crippen LogP contribution in [0.5, 0.6) is 0 Å². The summed E-state index contributed by atoms with van der Waals surface area (Å²) >= 11 is 0. The van der Waals surface area contributed by atoms with Crippen molar-refractivity contribution in [3.05, 3.63) is 36.0 Å². The molecule has 25 heavy (non-hydrogen) atoms. The lowest BCUT2D eigenvalue weighted by Gasteiger charge is -2.37. The van der Waals surface area contributed by atoms with Gasteiger partial charge in [0.05, 0.1) is 5.52 Å². The van der Waals surface area contributed by atoms with Gasteiger partial charge >= 0.3 is 0 Å². The minimum atomic E-state index is 0.508. The number of nitrogens with zero attached hydrogens (tertiary/aromatic N) is 5. The highest BCUT2D eigenvalue weighted by Crippen LogP contribution is 2.30. The van der Waals surface area contributed by atoms with Crippen LogP contribution < -0.4 is 4.90 Å². The molecule has 0 saturated carbocycles. The third kappa shape index (κ3) is 3.20. The lowest BCUT2D eigenvalue weighted by atomic mass is 10.1. The molecule has 2 aliphatic rings. The molecule has 5 heteroatoms. The maximum absolute atomic E-state index is 9.32. The number of hydrogen-bond acceptors (Lipinski definition) is 5. The Morgan fingerprint density at radius 1 is 1.16 bits per heavy atom. The molecule has 2 aliphatic heterocycles. The summed E-state index contributed by atoms with van der Waals surface area (Å²) < 4.78 is 0. The van der Waals surface area contributed by atoms with E-state index in [9.17, 15) is 5.26 Å². The average Bonchev–Trinajstić information content (AvgIpc) is 3.17. The highest BCUT2D eigenvalue weighted by molar-refractivity contribution is 5.92. The van der Waals surface area contributed by atoms with Gasteiger partial charge in [-0.2, -0.15) is 5.26 Å². The van der Waals surface area contributed by atoms with Crippen LogP contribution in [0.4, 0.5) is 5.69 Å². The molecule has 1 aromatic heterocycles. The molecule has 1 unspecified atom stereocenters. The first-order valence-corrected chi connectivity index (χ1v) is 9.29. The Bertz CT molecular complexity index is 788. The molecule has 2 aromatic rings. The number of likely N-dealkylation sites (N-methyl/N-ethyl adjacent to an activating group) is 1. The monoisotopic (exact) mass is 335 g/mol. The van der Waals surface area contributed by atoms with Crippen LogP contribution in [0.1, 0.15) is 19.0 Å². The van der Waals surface area contributed by atoms with Crippen molar-refractivity contribution in [2.75, 3.05) is 50.7 Å². The predicted octanol–water partition coefficient (Wildman–Crippen LogP) is 2.32. The van der Waals surface area contributed by atoms with E-state index in [1.165, 1.54) is 32.6 Å². The summed E-state index contributed by atoms with van der Waals surface area (Å²) in [5, 5.41) is 10.5. The number of nitriles is 1. The standard InChI is InChI=1S/C20H25N5/c1-2-23-9-11-24(12-10-23)17-7-8-25(15-17)20-13-16(14-21)22-19-6-4-3-5-18(19)20/h3-6,13,17H,2,7-12,15H2,1H3. The molecule has 0 amide bonds. The number of piperazine rings is 1. The van der Waals surface area contributed by atoms with E-state index in [1.807, 2.05) is 18.2 Å². The molecule has 0 radical (unpaired) electrons. The van der Waals surface area contributed by atoms with Gasteiger partial charge in [-0.05, 0) is 25.1 Å².